The third-order valence-electron chi connectivity index (χ3n) is 13.5. The molecule has 0 aliphatic heterocycles. The lowest BCUT2D eigenvalue weighted by molar-refractivity contribution is -0.605. The van der Waals surface area contributed by atoms with Crippen molar-refractivity contribution in [2.75, 3.05) is 40.9 Å². The van der Waals surface area contributed by atoms with Crippen LogP contribution in [0.25, 0.3) is 0 Å². The maximum absolute atomic E-state index is 13.0. The number of hydrogen-bond donors (Lipinski definition) is 5. The molecule has 2 fully saturated rings. The summed E-state index contributed by atoms with van der Waals surface area (Å²) in [6.07, 6.45) is 5.32. The van der Waals surface area contributed by atoms with Gasteiger partial charge >= 0.3 is 25.5 Å². The van der Waals surface area contributed by atoms with E-state index in [-0.39, 0.29) is 108 Å². The predicted molar refractivity (Wildman–Crippen MR) is 358 cm³/mol. The third-order valence-corrected chi connectivity index (χ3v) is 16.0. The van der Waals surface area contributed by atoms with Crippen LogP contribution in [0.1, 0.15) is 60.1 Å². The Morgan fingerprint density at radius 1 is 0.560 bits per heavy atom. The smallest absolute Gasteiger partial charge is 0.514 e. The average molecular weight is 1520 g/mol. The second-order valence-corrected chi connectivity index (χ2v) is 26.9. The minimum atomic E-state index is -3.50. The Kier molecular flexibility index (Phi) is 27.7. The number of halogens is 8. The normalized spacial score (nSPS) is 13.0. The molecule has 0 radical (unpaired) electrons. The maximum atomic E-state index is 13.0. The van der Waals surface area contributed by atoms with Crippen molar-refractivity contribution < 1.29 is 106 Å². The largest absolute Gasteiger partial charge is 0.619 e. The lowest BCUT2D eigenvalue weighted by Gasteiger charge is -2.21. The third kappa shape index (κ3) is 26.8. The van der Waals surface area contributed by atoms with Gasteiger partial charge in [0.05, 0.1) is 30.6 Å². The van der Waals surface area contributed by atoms with Gasteiger partial charge in [-0.2, -0.15) is 27.0 Å². The number of rotatable bonds is 25. The van der Waals surface area contributed by atoms with Crippen molar-refractivity contribution in [3.8, 4) is 46.0 Å². The molecule has 6 aromatic carbocycles. The highest BCUT2D eigenvalue weighted by molar-refractivity contribution is 7.92. The number of nitrogens with zero attached hydrogens (tertiary/aromatic N) is 3. The molecule has 0 bridgehead atoms. The molecule has 2 aliphatic rings. The number of nitrogen functional groups attached to an aromatic ring is 1. The fourth-order valence-electron chi connectivity index (χ4n) is 8.46. The first-order valence-corrected chi connectivity index (χ1v) is 34.5. The summed E-state index contributed by atoms with van der Waals surface area (Å²) in [5.74, 6) is 0.617. The number of carbonyl (C=O) groups is 2. The second-order valence-electron chi connectivity index (χ2n) is 21.8. The lowest BCUT2D eigenvalue weighted by Crippen LogP contribution is -2.26. The van der Waals surface area contributed by atoms with Gasteiger partial charge in [-0.3, -0.25) is 19.6 Å². The summed E-state index contributed by atoms with van der Waals surface area (Å²) in [6, 6.07) is 30.5. The van der Waals surface area contributed by atoms with Crippen LogP contribution in [0.4, 0.5) is 49.9 Å². The SMILES string of the molecule is CS(=O)(=O)Nc1ccc(O)cc1.CS(=O)(=O)Nc1ccc(OC(=O)O[C@@H](Cc2c(Cl)c[n+]([O-])cc2Cl)c2ccc(OC(F)F)c(OCC3CC3)c2)cc1.Nc1ccc(O)cc1.O=C(Oc1ccc([N+](=O)[O-])cc1)O[C@@H](Cc1c(Cl)c[n+]([O-])cc1Cl)c1ccc(OC(F)F)c(OCC2CC2)c1. The molecule has 534 valence electrons. The Labute approximate surface area is 588 Å². The number of nitrogens with two attached hydrogens (primary N) is 1. The molecular weight excluding hydrogens is 1450 g/mol. The van der Waals surface area contributed by atoms with E-state index >= 15 is 0 Å². The molecule has 2 saturated carbocycles. The van der Waals surface area contributed by atoms with Gasteiger partial charge in [0.25, 0.3) is 5.69 Å². The van der Waals surface area contributed by atoms with E-state index in [1.807, 2.05) is 0 Å². The Morgan fingerprint density at radius 3 is 1.22 bits per heavy atom. The number of nitrogens with one attached hydrogen (secondary N) is 2. The van der Waals surface area contributed by atoms with Crippen molar-refractivity contribution in [1.29, 1.82) is 0 Å². The average Bonchev–Trinajstić information content (AvgIpc) is 1.13. The summed E-state index contributed by atoms with van der Waals surface area (Å²) >= 11 is 24.9. The first-order chi connectivity index (χ1) is 47.2. The monoisotopic (exact) mass is 1510 g/mol. The van der Waals surface area contributed by atoms with E-state index in [9.17, 15) is 64.5 Å². The number of phenolic OH excluding ortho intramolecular Hbond substituents is 2. The number of pyridine rings is 2. The highest BCUT2D eigenvalue weighted by Gasteiger charge is 2.30. The summed E-state index contributed by atoms with van der Waals surface area (Å²) in [6.45, 7) is -5.61. The molecule has 2 atom stereocenters. The number of hydrogen-bond acceptors (Lipinski definition) is 21. The molecule has 26 nitrogen and oxygen atoms in total. The van der Waals surface area contributed by atoms with E-state index in [2.05, 4.69) is 18.9 Å². The minimum absolute atomic E-state index is 0.00213. The number of sulfonamides is 2. The van der Waals surface area contributed by atoms with Gasteiger partial charge < -0.3 is 64.3 Å². The summed E-state index contributed by atoms with van der Waals surface area (Å²) in [5.41, 5.74) is 7.63. The zero-order chi connectivity index (χ0) is 73.0. The molecule has 8 aromatic rings. The highest BCUT2D eigenvalue weighted by atomic mass is 35.5. The van der Waals surface area contributed by atoms with Gasteiger partial charge in [0.2, 0.25) is 20.0 Å². The van der Waals surface area contributed by atoms with Crippen molar-refractivity contribution in [3.05, 3.63) is 221 Å². The molecular formula is C64H60Cl4F4N6O20S2. The number of ether oxygens (including phenoxy) is 8. The molecule has 36 heteroatoms. The van der Waals surface area contributed by atoms with Crippen LogP contribution < -0.4 is 53.1 Å². The highest BCUT2D eigenvalue weighted by Crippen LogP contribution is 2.41. The van der Waals surface area contributed by atoms with Crippen molar-refractivity contribution in [2.24, 2.45) is 11.8 Å². The molecule has 2 aliphatic carbocycles. The van der Waals surface area contributed by atoms with Gasteiger partial charge in [-0.15, -0.1) is 0 Å². The maximum Gasteiger partial charge on any atom is 0.514 e. The van der Waals surface area contributed by atoms with E-state index < -0.39 is 62.7 Å². The number of non-ortho nitro benzene ring substituents is 1. The van der Waals surface area contributed by atoms with E-state index in [1.54, 1.807) is 24.3 Å². The van der Waals surface area contributed by atoms with Crippen LogP contribution in [0.2, 0.25) is 20.1 Å². The molecule has 100 heavy (non-hydrogen) atoms. The van der Waals surface area contributed by atoms with Crippen LogP contribution in [0.15, 0.2) is 158 Å². The number of nitro groups is 1. The summed E-state index contributed by atoms with van der Waals surface area (Å²) in [5, 5.41) is 51.8. The lowest BCUT2D eigenvalue weighted by atomic mass is 10.0. The minimum Gasteiger partial charge on any atom is -0.619 e. The number of aromatic hydroxyl groups is 2. The molecule has 2 heterocycles. The Bertz CT molecular complexity index is 4280. The summed E-state index contributed by atoms with van der Waals surface area (Å²) in [7, 11) is -6.73. The van der Waals surface area contributed by atoms with Crippen LogP contribution in [-0.4, -0.2) is 83.2 Å². The van der Waals surface area contributed by atoms with E-state index in [4.69, 9.17) is 90.8 Å². The van der Waals surface area contributed by atoms with Gasteiger partial charge in [-0.05, 0) is 158 Å². The second kappa shape index (κ2) is 35.8. The van der Waals surface area contributed by atoms with Crippen LogP contribution in [-0.2, 0) is 42.4 Å². The topological polar surface area (TPSA) is 364 Å². The van der Waals surface area contributed by atoms with E-state index in [0.717, 1.165) is 75.1 Å². The van der Waals surface area contributed by atoms with Crippen molar-refractivity contribution >= 4 is 102 Å². The number of alkyl halides is 4. The Hall–Kier alpha value is -9.86. The number of aromatic nitrogens is 2. The molecule has 0 amide bonds. The number of phenols is 2. The fourth-order valence-corrected chi connectivity index (χ4v) is 10.8. The Balaban J connectivity index is 0.000000220. The summed E-state index contributed by atoms with van der Waals surface area (Å²) in [4.78, 5) is 35.8. The number of carbonyl (C=O) groups excluding carboxylic acids is 2. The van der Waals surface area contributed by atoms with Crippen molar-refractivity contribution in [2.45, 2.75) is 64.0 Å². The predicted octanol–water partition coefficient (Wildman–Crippen LogP) is 14.1. The molecule has 0 saturated heterocycles. The zero-order valence-corrected chi connectivity index (χ0v) is 56.8. The number of benzene rings is 6. The Morgan fingerprint density at radius 2 is 0.900 bits per heavy atom. The van der Waals surface area contributed by atoms with Crippen LogP contribution in [0, 0.1) is 32.4 Å². The van der Waals surface area contributed by atoms with Crippen LogP contribution in [0.3, 0.4) is 0 Å². The van der Waals surface area contributed by atoms with Crippen LogP contribution >= 0.6 is 46.4 Å². The number of anilines is 3. The first-order valence-electron chi connectivity index (χ1n) is 29.2. The quantitative estimate of drug-likeness (QED) is 0.00408. The van der Waals surface area contributed by atoms with E-state index in [0.29, 0.717) is 50.4 Å². The van der Waals surface area contributed by atoms with Crippen LogP contribution in [0.5, 0.6) is 46.0 Å². The van der Waals surface area contributed by atoms with Gasteiger partial charge in [0.15, 0.2) is 47.8 Å². The van der Waals surface area contributed by atoms with E-state index in [1.165, 1.54) is 97.1 Å². The standard InChI is InChI=1S/C26H24Cl2F2N2O8S.C25H20Cl2F2N2O8.C7H9NO3S.C6H7NO/c1-41(35,36)31-17-5-7-18(8-6-17)38-26(33)40-23(11-19-20(27)12-32(34)13-21(19)28)16-4-9-22(39-25(29)30)24(10-16)37-14-15-2-3-15;26-19-11-30(33)12-20(27)18(19)10-22(39-25(32)37-17-6-4-16(5-7-17)31(34)35)15-3-8-21(38-24(28)29)23(9-15)36-13-14-1-2-14;1-12(10,11)8-6-2-4-7(9)5-3-6;7-5-1-3-6(8)4-2-5/h4-10,12-13,15,23,25,31H,2-3,11,14H2,1H3;3-9,11-12,14,22,24H,1-2,10,13H2;2-5,8-9H,1H3;1-4,8H,7H2/t23-;22-;;/m00../s1. The molecule has 2 aromatic heterocycles. The van der Waals surface area contributed by atoms with Gasteiger partial charge in [0.1, 0.15) is 55.3 Å². The van der Waals surface area contributed by atoms with Gasteiger partial charge in [-0.1, -0.05) is 58.5 Å². The zero-order valence-electron chi connectivity index (χ0n) is 52.1. The number of nitro benzene ring substituents is 1. The molecule has 0 unspecified atom stereocenters. The fraction of sp³-hybridized carbons (Fsp3) is 0.250. The molecule has 0 spiro atoms. The van der Waals surface area contributed by atoms with Crippen molar-refractivity contribution in [3.63, 3.8) is 0 Å². The molecule has 10 rings (SSSR count). The van der Waals surface area contributed by atoms with Gasteiger partial charge in [-0.25, -0.2) is 26.4 Å². The molecule has 6 N–H and O–H groups in total. The van der Waals surface area contributed by atoms with Gasteiger partial charge in [0, 0.05) is 53.2 Å². The van der Waals surface area contributed by atoms with Crippen molar-refractivity contribution in [1.82, 2.24) is 0 Å². The summed E-state index contributed by atoms with van der Waals surface area (Å²) < 4.78 is 144. The first kappa shape index (κ1) is 77.5.